The fourth-order valence-corrected chi connectivity index (χ4v) is 2.00. The Morgan fingerprint density at radius 2 is 1.67 bits per heavy atom. The zero-order valence-corrected chi connectivity index (χ0v) is 11.7. The van der Waals surface area contributed by atoms with Crippen molar-refractivity contribution in [2.75, 3.05) is 6.61 Å². The Balaban J connectivity index is 2.26. The van der Waals surface area contributed by atoms with E-state index in [1.807, 2.05) is 61.5 Å². The lowest BCUT2D eigenvalue weighted by Crippen LogP contribution is -2.33. The highest BCUT2D eigenvalue weighted by Gasteiger charge is 2.27. The van der Waals surface area contributed by atoms with Crippen molar-refractivity contribution < 1.29 is 9.84 Å². The second-order valence-corrected chi connectivity index (χ2v) is 5.23. The predicted molar refractivity (Wildman–Crippen MR) is 75.6 cm³/mol. The van der Waals surface area contributed by atoms with E-state index < -0.39 is 5.60 Å². The first-order valence-electron chi connectivity index (χ1n) is 5.75. The van der Waals surface area contributed by atoms with Crippen molar-refractivity contribution in [1.29, 1.82) is 0 Å². The molecule has 0 fully saturated rings. The van der Waals surface area contributed by atoms with Gasteiger partial charge in [-0.3, -0.25) is 0 Å². The third-order valence-corrected chi connectivity index (χ3v) is 3.37. The lowest BCUT2D eigenvalue weighted by molar-refractivity contribution is 0.0216. The molecule has 2 aromatic carbocycles. The molecule has 2 nitrogen and oxygen atoms in total. The minimum absolute atomic E-state index is 0.0763. The van der Waals surface area contributed by atoms with Gasteiger partial charge < -0.3 is 9.84 Å². The monoisotopic (exact) mass is 306 g/mol. The van der Waals surface area contributed by atoms with Gasteiger partial charge in [-0.15, -0.1) is 0 Å². The molecule has 0 amide bonds. The zero-order valence-electron chi connectivity index (χ0n) is 10.1. The highest BCUT2D eigenvalue weighted by atomic mass is 79.9. The van der Waals surface area contributed by atoms with Crippen molar-refractivity contribution in [2.24, 2.45) is 0 Å². The largest absolute Gasteiger partial charge is 0.480 e. The van der Waals surface area contributed by atoms with Gasteiger partial charge in [0.1, 0.15) is 5.75 Å². The number of hydrogen-bond donors (Lipinski definition) is 1. The maximum Gasteiger partial charge on any atom is 0.154 e. The molecular formula is C15H15BrO2. The molecule has 0 saturated carbocycles. The van der Waals surface area contributed by atoms with E-state index in [-0.39, 0.29) is 6.61 Å². The minimum Gasteiger partial charge on any atom is -0.480 e. The third-order valence-electron chi connectivity index (χ3n) is 2.84. The topological polar surface area (TPSA) is 29.5 Å². The average Bonchev–Trinajstić information content (AvgIpc) is 2.42. The molecule has 0 aliphatic carbocycles. The first-order chi connectivity index (χ1) is 8.64. The molecule has 2 rings (SSSR count). The molecule has 2 aromatic rings. The second kappa shape index (κ2) is 5.55. The molecule has 0 saturated heterocycles. The molecule has 18 heavy (non-hydrogen) atoms. The molecular weight excluding hydrogens is 292 g/mol. The Hall–Kier alpha value is -1.32. The van der Waals surface area contributed by atoms with Gasteiger partial charge in [0.2, 0.25) is 0 Å². The summed E-state index contributed by atoms with van der Waals surface area (Å²) in [6, 6.07) is 17.3. The van der Waals surface area contributed by atoms with Crippen molar-refractivity contribution in [2.45, 2.75) is 12.5 Å². The van der Waals surface area contributed by atoms with Crippen LogP contribution in [0.25, 0.3) is 0 Å². The predicted octanol–water partition coefficient (Wildman–Crippen LogP) is 3.74. The summed E-state index contributed by atoms with van der Waals surface area (Å²) in [5, 5.41) is 9.62. The van der Waals surface area contributed by atoms with E-state index in [1.54, 1.807) is 0 Å². The molecule has 0 aliphatic heterocycles. The Labute approximate surface area is 115 Å². The lowest BCUT2D eigenvalue weighted by atomic mass is 9.97. The molecule has 0 radical (unpaired) electrons. The summed E-state index contributed by atoms with van der Waals surface area (Å²) in [5.74, 6) is 0.735. The smallest absolute Gasteiger partial charge is 0.154 e. The molecule has 1 unspecified atom stereocenters. The molecule has 3 heteroatoms. The Morgan fingerprint density at radius 3 is 2.22 bits per heavy atom. The lowest BCUT2D eigenvalue weighted by Gasteiger charge is -2.29. The van der Waals surface area contributed by atoms with Gasteiger partial charge in [0.25, 0.3) is 0 Å². The standard InChI is InChI=1S/C15H15BrO2/c1-15(11-17,12-5-3-2-4-6-12)18-14-9-7-13(16)8-10-14/h2-10,17H,11H2,1H3. The second-order valence-electron chi connectivity index (χ2n) is 4.31. The number of halogens is 1. The van der Waals surface area contributed by atoms with Gasteiger partial charge in [-0.05, 0) is 36.8 Å². The highest BCUT2D eigenvalue weighted by molar-refractivity contribution is 9.10. The summed E-state index contributed by atoms with van der Waals surface area (Å²) < 4.78 is 6.92. The number of aliphatic hydroxyl groups is 1. The first kappa shape index (κ1) is 13.1. The van der Waals surface area contributed by atoms with Crippen LogP contribution in [-0.2, 0) is 5.60 Å². The molecule has 0 aromatic heterocycles. The van der Waals surface area contributed by atoms with Crippen LogP contribution in [0.3, 0.4) is 0 Å². The van der Waals surface area contributed by atoms with Crippen molar-refractivity contribution in [3.8, 4) is 5.75 Å². The highest BCUT2D eigenvalue weighted by Crippen LogP contribution is 2.28. The van der Waals surface area contributed by atoms with E-state index in [0.29, 0.717) is 0 Å². The van der Waals surface area contributed by atoms with E-state index in [4.69, 9.17) is 4.74 Å². The Morgan fingerprint density at radius 1 is 1.06 bits per heavy atom. The van der Waals surface area contributed by atoms with Gasteiger partial charge in [-0.2, -0.15) is 0 Å². The number of ether oxygens (including phenoxy) is 1. The van der Waals surface area contributed by atoms with Crippen LogP contribution in [0.1, 0.15) is 12.5 Å². The minimum atomic E-state index is -0.727. The number of rotatable bonds is 4. The fourth-order valence-electron chi connectivity index (χ4n) is 1.74. The third kappa shape index (κ3) is 2.92. The summed E-state index contributed by atoms with van der Waals surface area (Å²) in [7, 11) is 0. The number of aliphatic hydroxyl groups excluding tert-OH is 1. The van der Waals surface area contributed by atoms with E-state index in [1.165, 1.54) is 0 Å². The van der Waals surface area contributed by atoms with Crippen molar-refractivity contribution in [3.63, 3.8) is 0 Å². The van der Waals surface area contributed by atoms with Gasteiger partial charge in [-0.1, -0.05) is 46.3 Å². The van der Waals surface area contributed by atoms with E-state index >= 15 is 0 Å². The van der Waals surface area contributed by atoms with Gasteiger partial charge in [0.05, 0.1) is 6.61 Å². The van der Waals surface area contributed by atoms with Gasteiger partial charge in [-0.25, -0.2) is 0 Å². The number of hydrogen-bond acceptors (Lipinski definition) is 2. The Kier molecular flexibility index (Phi) is 4.04. The van der Waals surface area contributed by atoms with Crippen LogP contribution in [-0.4, -0.2) is 11.7 Å². The summed E-state index contributed by atoms with van der Waals surface area (Å²) in [6.45, 7) is 1.80. The van der Waals surface area contributed by atoms with E-state index in [9.17, 15) is 5.11 Å². The van der Waals surface area contributed by atoms with E-state index in [0.717, 1.165) is 15.8 Å². The van der Waals surface area contributed by atoms with Crippen LogP contribution in [0, 0.1) is 0 Å². The van der Waals surface area contributed by atoms with Crippen LogP contribution in [0.5, 0.6) is 5.75 Å². The van der Waals surface area contributed by atoms with Crippen LogP contribution in [0.15, 0.2) is 59.1 Å². The SMILES string of the molecule is CC(CO)(Oc1ccc(Br)cc1)c1ccccc1. The fraction of sp³-hybridized carbons (Fsp3) is 0.200. The van der Waals surface area contributed by atoms with E-state index in [2.05, 4.69) is 15.9 Å². The molecule has 1 atom stereocenters. The van der Waals surface area contributed by atoms with Gasteiger partial charge in [0, 0.05) is 4.47 Å². The molecule has 0 heterocycles. The van der Waals surface area contributed by atoms with Crippen LogP contribution >= 0.6 is 15.9 Å². The Bertz CT molecular complexity index is 496. The number of benzene rings is 2. The first-order valence-corrected chi connectivity index (χ1v) is 6.54. The summed E-state index contributed by atoms with van der Waals surface area (Å²) in [6.07, 6.45) is 0. The van der Waals surface area contributed by atoms with Crippen LogP contribution < -0.4 is 4.74 Å². The summed E-state index contributed by atoms with van der Waals surface area (Å²) in [4.78, 5) is 0. The summed E-state index contributed by atoms with van der Waals surface area (Å²) >= 11 is 3.38. The normalized spacial score (nSPS) is 13.9. The van der Waals surface area contributed by atoms with Crippen molar-refractivity contribution in [3.05, 3.63) is 64.6 Å². The van der Waals surface area contributed by atoms with Crippen LogP contribution in [0.2, 0.25) is 0 Å². The van der Waals surface area contributed by atoms with Crippen LogP contribution in [0.4, 0.5) is 0 Å². The zero-order chi connectivity index (χ0) is 13.0. The van der Waals surface area contributed by atoms with Gasteiger partial charge >= 0.3 is 0 Å². The van der Waals surface area contributed by atoms with Gasteiger partial charge in [0.15, 0.2) is 5.60 Å². The molecule has 1 N–H and O–H groups in total. The molecule has 94 valence electrons. The average molecular weight is 307 g/mol. The molecule has 0 spiro atoms. The quantitative estimate of drug-likeness (QED) is 0.932. The molecule has 0 bridgehead atoms. The van der Waals surface area contributed by atoms with Crippen molar-refractivity contribution >= 4 is 15.9 Å². The maximum atomic E-state index is 9.62. The summed E-state index contributed by atoms with van der Waals surface area (Å²) in [5.41, 5.74) is 0.227. The molecule has 0 aliphatic rings. The van der Waals surface area contributed by atoms with Crippen molar-refractivity contribution in [1.82, 2.24) is 0 Å². The maximum absolute atomic E-state index is 9.62.